The molecule has 0 amide bonds. The standard InChI is InChI=1S/C8H13NO3/c1-3-6(9)4-5-7(10)8(11)12-2/h3-5,7,10H,9H2,1-2H3. The van der Waals surface area contributed by atoms with E-state index in [4.69, 9.17) is 10.8 Å². The van der Waals surface area contributed by atoms with Gasteiger partial charge >= 0.3 is 5.97 Å². The number of ether oxygens (including phenoxy) is 1. The van der Waals surface area contributed by atoms with Crippen LogP contribution < -0.4 is 5.73 Å². The molecule has 0 bridgehead atoms. The van der Waals surface area contributed by atoms with Crippen molar-refractivity contribution in [3.8, 4) is 0 Å². The van der Waals surface area contributed by atoms with Gasteiger partial charge in [-0.1, -0.05) is 6.08 Å². The lowest BCUT2D eigenvalue weighted by molar-refractivity contribution is -0.147. The number of hydrogen-bond donors (Lipinski definition) is 2. The van der Waals surface area contributed by atoms with Gasteiger partial charge in [-0.05, 0) is 19.1 Å². The molecule has 4 heteroatoms. The van der Waals surface area contributed by atoms with Gasteiger partial charge in [-0.2, -0.15) is 0 Å². The summed E-state index contributed by atoms with van der Waals surface area (Å²) in [5.74, 6) is -0.699. The maximum absolute atomic E-state index is 10.6. The summed E-state index contributed by atoms with van der Waals surface area (Å²) in [6.45, 7) is 1.75. The molecular weight excluding hydrogens is 158 g/mol. The van der Waals surface area contributed by atoms with Gasteiger partial charge in [-0.3, -0.25) is 0 Å². The van der Waals surface area contributed by atoms with Gasteiger partial charge in [0, 0.05) is 5.70 Å². The number of carbonyl (C=O) groups is 1. The molecule has 0 saturated heterocycles. The third-order valence-electron chi connectivity index (χ3n) is 1.25. The number of carbonyl (C=O) groups excluding carboxylic acids is 1. The molecule has 0 aromatic carbocycles. The van der Waals surface area contributed by atoms with Crippen LogP contribution in [0, 0.1) is 0 Å². The van der Waals surface area contributed by atoms with Gasteiger partial charge in [-0.25, -0.2) is 4.79 Å². The van der Waals surface area contributed by atoms with Crippen molar-refractivity contribution in [1.29, 1.82) is 0 Å². The van der Waals surface area contributed by atoms with E-state index in [1.165, 1.54) is 19.3 Å². The maximum atomic E-state index is 10.6. The van der Waals surface area contributed by atoms with Crippen LogP contribution in [0.25, 0.3) is 0 Å². The first-order chi connectivity index (χ1) is 5.61. The lowest BCUT2D eigenvalue weighted by Gasteiger charge is -2.01. The van der Waals surface area contributed by atoms with Crippen LogP contribution in [0.3, 0.4) is 0 Å². The molecule has 1 unspecified atom stereocenters. The highest BCUT2D eigenvalue weighted by Crippen LogP contribution is 1.93. The molecule has 12 heavy (non-hydrogen) atoms. The van der Waals surface area contributed by atoms with Crippen molar-refractivity contribution in [3.63, 3.8) is 0 Å². The smallest absolute Gasteiger partial charge is 0.338 e. The summed E-state index contributed by atoms with van der Waals surface area (Å²) in [5, 5.41) is 9.02. The molecule has 0 saturated carbocycles. The predicted molar refractivity (Wildman–Crippen MR) is 45.1 cm³/mol. The number of methoxy groups -OCH3 is 1. The van der Waals surface area contributed by atoms with E-state index in [1.807, 2.05) is 0 Å². The van der Waals surface area contributed by atoms with E-state index in [1.54, 1.807) is 13.0 Å². The average Bonchev–Trinajstić information content (AvgIpc) is 2.11. The summed E-state index contributed by atoms with van der Waals surface area (Å²) >= 11 is 0. The fraction of sp³-hybridized carbons (Fsp3) is 0.375. The van der Waals surface area contributed by atoms with Gasteiger partial charge in [-0.15, -0.1) is 0 Å². The molecule has 0 spiro atoms. The molecule has 4 nitrogen and oxygen atoms in total. The van der Waals surface area contributed by atoms with Crippen molar-refractivity contribution < 1.29 is 14.6 Å². The highest BCUT2D eigenvalue weighted by Gasteiger charge is 2.09. The van der Waals surface area contributed by atoms with Crippen molar-refractivity contribution in [1.82, 2.24) is 0 Å². The van der Waals surface area contributed by atoms with Gasteiger partial charge in [0.05, 0.1) is 7.11 Å². The van der Waals surface area contributed by atoms with E-state index in [0.29, 0.717) is 5.70 Å². The Kier molecular flexibility index (Phi) is 4.79. The van der Waals surface area contributed by atoms with Gasteiger partial charge in [0.2, 0.25) is 0 Å². The summed E-state index contributed by atoms with van der Waals surface area (Å²) in [4.78, 5) is 10.6. The highest BCUT2D eigenvalue weighted by molar-refractivity contribution is 5.76. The molecular formula is C8H13NO3. The molecule has 0 aliphatic carbocycles. The number of nitrogens with two attached hydrogens (primary N) is 1. The Balaban J connectivity index is 4.08. The molecule has 0 fully saturated rings. The third kappa shape index (κ3) is 3.78. The quantitative estimate of drug-likeness (QED) is 0.461. The van der Waals surface area contributed by atoms with Crippen molar-refractivity contribution in [3.05, 3.63) is 23.9 Å². The second kappa shape index (κ2) is 5.37. The molecule has 0 rings (SSSR count). The van der Waals surface area contributed by atoms with Gasteiger partial charge in [0.15, 0.2) is 6.10 Å². The largest absolute Gasteiger partial charge is 0.467 e. The highest BCUT2D eigenvalue weighted by atomic mass is 16.5. The van der Waals surface area contributed by atoms with Crippen molar-refractivity contribution >= 4 is 5.97 Å². The predicted octanol–water partition coefficient (Wildman–Crippen LogP) is -0.0610. The van der Waals surface area contributed by atoms with Crippen LogP contribution in [-0.4, -0.2) is 24.3 Å². The van der Waals surface area contributed by atoms with E-state index in [2.05, 4.69) is 4.74 Å². The number of rotatable bonds is 3. The average molecular weight is 171 g/mol. The Morgan fingerprint density at radius 3 is 2.67 bits per heavy atom. The molecule has 0 aliphatic rings. The zero-order valence-electron chi connectivity index (χ0n) is 7.15. The zero-order valence-corrected chi connectivity index (χ0v) is 7.15. The Bertz CT molecular complexity index is 208. The Morgan fingerprint density at radius 2 is 2.25 bits per heavy atom. The van der Waals surface area contributed by atoms with Gasteiger partial charge < -0.3 is 15.6 Å². The van der Waals surface area contributed by atoms with E-state index in [-0.39, 0.29) is 0 Å². The van der Waals surface area contributed by atoms with E-state index in [9.17, 15) is 4.79 Å². The summed E-state index contributed by atoms with van der Waals surface area (Å²) in [5.41, 5.74) is 5.86. The first-order valence-corrected chi connectivity index (χ1v) is 3.47. The van der Waals surface area contributed by atoms with Gasteiger partial charge in [0.25, 0.3) is 0 Å². The van der Waals surface area contributed by atoms with Crippen LogP contribution in [0.1, 0.15) is 6.92 Å². The fourth-order valence-electron chi connectivity index (χ4n) is 0.498. The van der Waals surface area contributed by atoms with Crippen LogP contribution in [-0.2, 0) is 9.53 Å². The molecule has 68 valence electrons. The molecule has 0 aromatic heterocycles. The number of aliphatic hydroxyl groups excluding tert-OH is 1. The molecule has 0 radical (unpaired) electrons. The number of aliphatic hydroxyl groups is 1. The Labute approximate surface area is 71.3 Å². The molecule has 3 N–H and O–H groups in total. The summed E-state index contributed by atoms with van der Waals surface area (Å²) in [6, 6.07) is 0. The van der Waals surface area contributed by atoms with Crippen molar-refractivity contribution in [2.75, 3.05) is 7.11 Å². The van der Waals surface area contributed by atoms with Crippen LogP contribution >= 0.6 is 0 Å². The summed E-state index contributed by atoms with van der Waals surface area (Å²) < 4.78 is 4.28. The maximum Gasteiger partial charge on any atom is 0.338 e. The lowest BCUT2D eigenvalue weighted by atomic mass is 10.3. The molecule has 1 atom stereocenters. The number of allylic oxidation sites excluding steroid dienone is 2. The minimum absolute atomic E-state index is 0.484. The zero-order chi connectivity index (χ0) is 9.56. The van der Waals surface area contributed by atoms with E-state index in [0.717, 1.165) is 0 Å². The van der Waals surface area contributed by atoms with Crippen LogP contribution in [0.2, 0.25) is 0 Å². The second-order valence-electron chi connectivity index (χ2n) is 2.12. The topological polar surface area (TPSA) is 72.5 Å². The second-order valence-corrected chi connectivity index (χ2v) is 2.12. The van der Waals surface area contributed by atoms with Crippen LogP contribution in [0.5, 0.6) is 0 Å². The minimum atomic E-state index is -1.24. The Morgan fingerprint density at radius 1 is 1.67 bits per heavy atom. The first-order valence-electron chi connectivity index (χ1n) is 3.47. The van der Waals surface area contributed by atoms with Gasteiger partial charge in [0.1, 0.15) is 0 Å². The lowest BCUT2D eigenvalue weighted by Crippen LogP contribution is -2.19. The normalized spacial score (nSPS) is 14.8. The molecule has 0 aromatic rings. The number of esters is 1. The first kappa shape index (κ1) is 10.7. The minimum Gasteiger partial charge on any atom is -0.467 e. The molecule has 0 heterocycles. The Hall–Kier alpha value is -1.29. The third-order valence-corrected chi connectivity index (χ3v) is 1.25. The number of hydrogen-bond acceptors (Lipinski definition) is 4. The summed E-state index contributed by atoms with van der Waals surface area (Å²) in [6.07, 6.45) is 3.12. The summed E-state index contributed by atoms with van der Waals surface area (Å²) in [7, 11) is 1.21. The van der Waals surface area contributed by atoms with Crippen molar-refractivity contribution in [2.45, 2.75) is 13.0 Å². The van der Waals surface area contributed by atoms with E-state index < -0.39 is 12.1 Å². The fourth-order valence-corrected chi connectivity index (χ4v) is 0.498. The van der Waals surface area contributed by atoms with Crippen LogP contribution in [0.15, 0.2) is 23.9 Å². The van der Waals surface area contributed by atoms with Crippen LogP contribution in [0.4, 0.5) is 0 Å². The van der Waals surface area contributed by atoms with E-state index >= 15 is 0 Å². The van der Waals surface area contributed by atoms with Crippen molar-refractivity contribution in [2.24, 2.45) is 5.73 Å². The molecule has 0 aliphatic heterocycles. The monoisotopic (exact) mass is 171 g/mol. The SMILES string of the molecule is CC=C(N)C=CC(O)C(=O)OC.